The maximum atomic E-state index is 12.1. The smallest absolute Gasteiger partial charge is 0.143 e. The number of rotatable bonds is 2. The van der Waals surface area contributed by atoms with E-state index in [1.54, 1.807) is 6.08 Å². The number of Topliss-reactive ketones (excluding diaryl/α,β-unsaturated/α-hetero) is 2. The highest BCUT2D eigenvalue weighted by Crippen LogP contribution is 2.18. The molecule has 19 heavy (non-hydrogen) atoms. The zero-order valence-corrected chi connectivity index (χ0v) is 12.2. The van der Waals surface area contributed by atoms with Crippen LogP contribution in [0.3, 0.4) is 0 Å². The summed E-state index contributed by atoms with van der Waals surface area (Å²) in [5.41, 5.74) is 0. The van der Waals surface area contributed by atoms with E-state index >= 15 is 0 Å². The van der Waals surface area contributed by atoms with Gasteiger partial charge in [-0.05, 0) is 19.3 Å². The molecule has 0 saturated heterocycles. The van der Waals surface area contributed by atoms with E-state index in [4.69, 9.17) is 0 Å². The normalized spacial score (nSPS) is 21.9. The van der Waals surface area contributed by atoms with Gasteiger partial charge >= 0.3 is 0 Å². The summed E-state index contributed by atoms with van der Waals surface area (Å²) < 4.78 is 0. The van der Waals surface area contributed by atoms with Gasteiger partial charge in [0, 0.05) is 12.8 Å². The number of carbonyl (C=O) groups is 2. The average molecular weight is 264 g/mol. The molecule has 0 aromatic carbocycles. The maximum absolute atomic E-state index is 12.1. The number of hydrogen-bond acceptors (Lipinski definition) is 2. The number of hydrogen-bond donors (Lipinski definition) is 0. The van der Waals surface area contributed by atoms with Crippen molar-refractivity contribution in [1.29, 1.82) is 0 Å². The Morgan fingerprint density at radius 3 is 1.53 bits per heavy atom. The van der Waals surface area contributed by atoms with Crippen molar-refractivity contribution in [3.8, 4) is 0 Å². The van der Waals surface area contributed by atoms with E-state index in [9.17, 15) is 9.59 Å². The van der Waals surface area contributed by atoms with Crippen LogP contribution in [0.15, 0.2) is 12.7 Å². The summed E-state index contributed by atoms with van der Waals surface area (Å²) in [6, 6.07) is 0. The second-order valence-corrected chi connectivity index (χ2v) is 5.69. The molecular weight excluding hydrogens is 236 g/mol. The van der Waals surface area contributed by atoms with E-state index in [1.165, 1.54) is 32.1 Å². The van der Waals surface area contributed by atoms with Crippen molar-refractivity contribution >= 4 is 11.6 Å². The van der Waals surface area contributed by atoms with Crippen molar-refractivity contribution < 1.29 is 9.59 Å². The Labute approximate surface area is 117 Å². The molecule has 0 aromatic heterocycles. The third kappa shape index (κ3) is 6.70. The second kappa shape index (κ2) is 9.94. The first-order chi connectivity index (χ1) is 9.25. The summed E-state index contributed by atoms with van der Waals surface area (Å²) in [4.78, 5) is 24.2. The van der Waals surface area contributed by atoms with Crippen LogP contribution in [-0.2, 0) is 9.59 Å². The van der Waals surface area contributed by atoms with Crippen LogP contribution in [0.5, 0.6) is 0 Å². The SMILES string of the molecule is C=CCC1C(=O)CCCCCCCCCCCC1=O. The van der Waals surface area contributed by atoms with Gasteiger partial charge in [-0.1, -0.05) is 51.0 Å². The lowest BCUT2D eigenvalue weighted by molar-refractivity contribution is -0.132. The molecule has 0 N–H and O–H groups in total. The monoisotopic (exact) mass is 264 g/mol. The van der Waals surface area contributed by atoms with Crippen LogP contribution in [0.1, 0.15) is 77.0 Å². The maximum Gasteiger partial charge on any atom is 0.143 e. The van der Waals surface area contributed by atoms with Gasteiger partial charge in [-0.15, -0.1) is 6.58 Å². The lowest BCUT2D eigenvalue weighted by Gasteiger charge is -2.13. The van der Waals surface area contributed by atoms with Gasteiger partial charge in [0.25, 0.3) is 0 Å². The molecule has 1 aliphatic carbocycles. The minimum Gasteiger partial charge on any atom is -0.299 e. The Balaban J connectivity index is 2.53. The molecule has 1 rings (SSSR count). The first-order valence-corrected chi connectivity index (χ1v) is 7.92. The van der Waals surface area contributed by atoms with Crippen molar-refractivity contribution in [1.82, 2.24) is 0 Å². The molecule has 0 radical (unpaired) electrons. The molecule has 0 aromatic rings. The van der Waals surface area contributed by atoms with Crippen LogP contribution < -0.4 is 0 Å². The molecule has 108 valence electrons. The predicted octanol–water partition coefficient (Wildman–Crippen LogP) is 4.62. The summed E-state index contributed by atoms with van der Waals surface area (Å²) in [5.74, 6) is -0.121. The van der Waals surface area contributed by atoms with Crippen molar-refractivity contribution in [2.75, 3.05) is 0 Å². The molecule has 0 aliphatic heterocycles. The van der Waals surface area contributed by atoms with Gasteiger partial charge in [0.05, 0.1) is 5.92 Å². The zero-order chi connectivity index (χ0) is 13.9. The molecule has 0 spiro atoms. The van der Waals surface area contributed by atoms with E-state index in [2.05, 4.69) is 6.58 Å². The molecule has 0 bridgehead atoms. The van der Waals surface area contributed by atoms with Crippen molar-refractivity contribution in [2.45, 2.75) is 77.0 Å². The Morgan fingerprint density at radius 2 is 1.16 bits per heavy atom. The topological polar surface area (TPSA) is 34.1 Å². The Morgan fingerprint density at radius 1 is 0.789 bits per heavy atom. The summed E-state index contributed by atoms with van der Waals surface area (Å²) in [6.07, 6.45) is 13.9. The van der Waals surface area contributed by atoms with E-state index < -0.39 is 5.92 Å². The minimum absolute atomic E-state index is 0.141. The highest BCUT2D eigenvalue weighted by atomic mass is 16.1. The molecule has 1 fully saturated rings. The summed E-state index contributed by atoms with van der Waals surface area (Å²) >= 11 is 0. The first-order valence-electron chi connectivity index (χ1n) is 7.92. The van der Waals surface area contributed by atoms with Gasteiger partial charge in [-0.3, -0.25) is 9.59 Å². The molecule has 0 amide bonds. The number of ketones is 2. The van der Waals surface area contributed by atoms with Crippen LogP contribution >= 0.6 is 0 Å². The third-order valence-corrected chi connectivity index (χ3v) is 4.03. The van der Waals surface area contributed by atoms with Crippen molar-refractivity contribution in [3.05, 3.63) is 12.7 Å². The average Bonchev–Trinajstić information content (AvgIpc) is 2.40. The van der Waals surface area contributed by atoms with Crippen molar-refractivity contribution in [3.63, 3.8) is 0 Å². The molecule has 0 unspecified atom stereocenters. The van der Waals surface area contributed by atoms with Crippen LogP contribution in [0.2, 0.25) is 0 Å². The molecule has 2 nitrogen and oxygen atoms in total. The Bertz CT molecular complexity index is 270. The van der Waals surface area contributed by atoms with Gasteiger partial charge < -0.3 is 0 Å². The van der Waals surface area contributed by atoms with Crippen molar-refractivity contribution in [2.24, 2.45) is 5.92 Å². The van der Waals surface area contributed by atoms with Crippen LogP contribution in [0.25, 0.3) is 0 Å². The van der Waals surface area contributed by atoms with Gasteiger partial charge in [-0.2, -0.15) is 0 Å². The summed E-state index contributed by atoms with van der Waals surface area (Å²) in [7, 11) is 0. The predicted molar refractivity (Wildman–Crippen MR) is 79.1 cm³/mol. The van der Waals surface area contributed by atoms with E-state index in [0.717, 1.165) is 25.7 Å². The molecule has 0 heterocycles. The van der Waals surface area contributed by atoms with Gasteiger partial charge in [0.1, 0.15) is 11.6 Å². The number of carbonyl (C=O) groups excluding carboxylic acids is 2. The van der Waals surface area contributed by atoms with E-state index in [1.807, 2.05) is 0 Å². The Kier molecular flexibility index (Phi) is 8.44. The van der Waals surface area contributed by atoms with Crippen LogP contribution in [0.4, 0.5) is 0 Å². The second-order valence-electron chi connectivity index (χ2n) is 5.69. The quantitative estimate of drug-likeness (QED) is 0.538. The minimum atomic E-state index is -0.402. The first kappa shape index (κ1) is 16.1. The fourth-order valence-corrected chi connectivity index (χ4v) is 2.79. The number of allylic oxidation sites excluding steroid dienone is 1. The summed E-state index contributed by atoms with van der Waals surface area (Å²) in [5, 5.41) is 0. The third-order valence-electron chi connectivity index (χ3n) is 4.03. The van der Waals surface area contributed by atoms with Gasteiger partial charge in [0.2, 0.25) is 0 Å². The molecular formula is C17H28O2. The molecule has 1 aliphatic rings. The highest BCUT2D eigenvalue weighted by molar-refractivity contribution is 6.02. The largest absolute Gasteiger partial charge is 0.299 e. The fraction of sp³-hybridized carbons (Fsp3) is 0.765. The lowest BCUT2D eigenvalue weighted by Crippen LogP contribution is -2.23. The Hall–Kier alpha value is -0.920. The van der Waals surface area contributed by atoms with E-state index in [-0.39, 0.29) is 11.6 Å². The summed E-state index contributed by atoms with van der Waals surface area (Å²) in [6.45, 7) is 3.68. The van der Waals surface area contributed by atoms with Gasteiger partial charge in [-0.25, -0.2) is 0 Å². The zero-order valence-electron chi connectivity index (χ0n) is 12.2. The molecule has 1 saturated carbocycles. The molecule has 2 heteroatoms. The fourth-order valence-electron chi connectivity index (χ4n) is 2.79. The van der Waals surface area contributed by atoms with Crippen LogP contribution in [-0.4, -0.2) is 11.6 Å². The standard InChI is InChI=1S/C17H28O2/c1-2-12-15-16(18)13-10-8-6-4-3-5-7-9-11-14-17(15)19/h2,15H,1,3-14H2. The lowest BCUT2D eigenvalue weighted by atomic mass is 9.89. The van der Waals surface area contributed by atoms with Gasteiger partial charge in [0.15, 0.2) is 0 Å². The van der Waals surface area contributed by atoms with Crippen LogP contribution in [0, 0.1) is 5.92 Å². The van der Waals surface area contributed by atoms with E-state index in [0.29, 0.717) is 19.3 Å². The molecule has 0 atom stereocenters. The highest BCUT2D eigenvalue weighted by Gasteiger charge is 2.23.